The van der Waals surface area contributed by atoms with E-state index in [1.165, 1.54) is 21.6 Å². The maximum absolute atomic E-state index is 5.51. The number of hydrogen-bond donors (Lipinski definition) is 1. The summed E-state index contributed by atoms with van der Waals surface area (Å²) in [5.41, 5.74) is 5.35. The van der Waals surface area contributed by atoms with Gasteiger partial charge in [-0.05, 0) is 54.5 Å². The quantitative estimate of drug-likeness (QED) is 0.630. The highest BCUT2D eigenvalue weighted by molar-refractivity contribution is 7.15. The van der Waals surface area contributed by atoms with Gasteiger partial charge in [0, 0.05) is 17.3 Å². The fourth-order valence-corrected chi connectivity index (χ4v) is 5.07. The summed E-state index contributed by atoms with van der Waals surface area (Å²) in [6.45, 7) is 7.47. The molecule has 3 aromatic rings. The van der Waals surface area contributed by atoms with Crippen molar-refractivity contribution >= 4 is 16.5 Å². The third-order valence-corrected chi connectivity index (χ3v) is 6.79. The Kier molecular flexibility index (Phi) is 4.68. The van der Waals surface area contributed by atoms with Crippen molar-refractivity contribution in [1.82, 2.24) is 4.98 Å². The summed E-state index contributed by atoms with van der Waals surface area (Å²) in [6, 6.07) is 17.4. The van der Waals surface area contributed by atoms with Gasteiger partial charge in [0.05, 0.1) is 12.8 Å². The van der Waals surface area contributed by atoms with Gasteiger partial charge in [0.25, 0.3) is 0 Å². The second-order valence-electron chi connectivity index (χ2n) is 7.75. The number of methoxy groups -OCH3 is 1. The minimum atomic E-state index is 0.0729. The van der Waals surface area contributed by atoms with Crippen LogP contribution in [-0.4, -0.2) is 18.6 Å². The van der Waals surface area contributed by atoms with Crippen molar-refractivity contribution in [3.8, 4) is 5.75 Å². The molecule has 0 fully saturated rings. The lowest BCUT2D eigenvalue weighted by atomic mass is 9.74. The molecule has 0 bridgehead atoms. The Morgan fingerprint density at radius 1 is 1.19 bits per heavy atom. The molecule has 0 aliphatic heterocycles. The smallest absolute Gasteiger partial charge is 0.183 e. The van der Waals surface area contributed by atoms with Gasteiger partial charge >= 0.3 is 0 Å². The second-order valence-corrected chi connectivity index (χ2v) is 8.96. The summed E-state index contributed by atoms with van der Waals surface area (Å²) in [7, 11) is 1.74. The molecule has 1 unspecified atom stereocenters. The number of benzene rings is 2. The Balaban J connectivity index is 1.69. The molecular formula is C23H26N2OS. The fraction of sp³-hybridized carbons (Fsp3) is 0.348. The number of ether oxygens (including phenoxy) is 1. The van der Waals surface area contributed by atoms with Crippen LogP contribution in [0.5, 0.6) is 5.75 Å². The molecule has 1 aliphatic carbocycles. The number of nitrogens with one attached hydrogen (secondary N) is 1. The van der Waals surface area contributed by atoms with E-state index in [4.69, 9.17) is 4.74 Å². The molecule has 27 heavy (non-hydrogen) atoms. The van der Waals surface area contributed by atoms with Crippen LogP contribution in [0, 0.1) is 19.3 Å². The van der Waals surface area contributed by atoms with Gasteiger partial charge < -0.3 is 10.1 Å². The summed E-state index contributed by atoms with van der Waals surface area (Å²) in [5.74, 6) is 1.26. The molecule has 2 aromatic carbocycles. The molecule has 4 rings (SSSR count). The zero-order valence-electron chi connectivity index (χ0n) is 16.4. The van der Waals surface area contributed by atoms with Crippen molar-refractivity contribution in [2.45, 2.75) is 33.1 Å². The first-order valence-corrected chi connectivity index (χ1v) is 10.2. The molecule has 1 N–H and O–H groups in total. The lowest BCUT2D eigenvalue weighted by Crippen LogP contribution is -2.31. The van der Waals surface area contributed by atoms with Crippen LogP contribution in [-0.2, 0) is 6.42 Å². The molecule has 1 aliphatic rings. The Morgan fingerprint density at radius 2 is 1.96 bits per heavy atom. The minimum absolute atomic E-state index is 0.0729. The predicted molar refractivity (Wildman–Crippen MR) is 113 cm³/mol. The molecule has 3 nitrogen and oxygen atoms in total. The number of aryl methyl sites for hydroxylation is 2. The number of anilines is 1. The van der Waals surface area contributed by atoms with E-state index in [0.717, 1.165) is 29.5 Å². The summed E-state index contributed by atoms with van der Waals surface area (Å²) < 4.78 is 5.51. The van der Waals surface area contributed by atoms with E-state index < -0.39 is 0 Å². The maximum Gasteiger partial charge on any atom is 0.183 e. The van der Waals surface area contributed by atoms with Crippen molar-refractivity contribution in [3.05, 3.63) is 75.8 Å². The largest absolute Gasteiger partial charge is 0.497 e. The number of aromatic nitrogens is 1. The Bertz CT molecular complexity index is 931. The molecule has 4 heteroatoms. The lowest BCUT2D eigenvalue weighted by molar-refractivity contribution is 0.328. The first-order valence-electron chi connectivity index (χ1n) is 9.40. The van der Waals surface area contributed by atoms with Crippen molar-refractivity contribution in [2.24, 2.45) is 5.41 Å². The van der Waals surface area contributed by atoms with E-state index in [1.807, 2.05) is 0 Å². The van der Waals surface area contributed by atoms with Crippen LogP contribution in [0.2, 0.25) is 0 Å². The highest BCUT2D eigenvalue weighted by atomic mass is 32.1. The topological polar surface area (TPSA) is 34.1 Å². The van der Waals surface area contributed by atoms with Gasteiger partial charge in [0.15, 0.2) is 5.13 Å². The number of fused-ring (bicyclic) bond motifs is 1. The molecule has 0 radical (unpaired) electrons. The molecule has 0 saturated carbocycles. The SMILES string of the molecule is COc1ccc2c(c1)C(c1ccccc1)[C@](C)(CNc1nc(C)c(C)s1)C2. The summed E-state index contributed by atoms with van der Waals surface area (Å²) in [6.07, 6.45) is 1.04. The van der Waals surface area contributed by atoms with Gasteiger partial charge in [-0.1, -0.05) is 43.3 Å². The fourth-order valence-electron chi connectivity index (χ4n) is 4.26. The van der Waals surface area contributed by atoms with Crippen molar-refractivity contribution in [1.29, 1.82) is 0 Å². The van der Waals surface area contributed by atoms with Crippen LogP contribution in [0.3, 0.4) is 0 Å². The molecular weight excluding hydrogens is 352 g/mol. The van der Waals surface area contributed by atoms with Gasteiger partial charge in [0.2, 0.25) is 0 Å². The van der Waals surface area contributed by atoms with Crippen LogP contribution < -0.4 is 10.1 Å². The monoisotopic (exact) mass is 378 g/mol. The van der Waals surface area contributed by atoms with Gasteiger partial charge in [0.1, 0.15) is 5.75 Å². The van der Waals surface area contributed by atoms with Gasteiger partial charge in [-0.15, -0.1) is 11.3 Å². The van der Waals surface area contributed by atoms with Crippen LogP contribution >= 0.6 is 11.3 Å². The molecule has 1 aromatic heterocycles. The van der Waals surface area contributed by atoms with Crippen molar-refractivity contribution in [3.63, 3.8) is 0 Å². The first-order chi connectivity index (χ1) is 13.0. The second kappa shape index (κ2) is 7.01. The maximum atomic E-state index is 5.51. The van der Waals surface area contributed by atoms with E-state index in [2.05, 4.69) is 79.6 Å². The predicted octanol–water partition coefficient (Wildman–Crippen LogP) is 5.57. The average molecular weight is 379 g/mol. The highest BCUT2D eigenvalue weighted by Crippen LogP contribution is 2.51. The first kappa shape index (κ1) is 18.1. The van der Waals surface area contributed by atoms with Crippen LogP contribution in [0.4, 0.5) is 5.13 Å². The molecule has 1 heterocycles. The number of hydrogen-bond acceptors (Lipinski definition) is 4. The van der Waals surface area contributed by atoms with E-state index in [-0.39, 0.29) is 5.41 Å². The molecule has 0 amide bonds. The van der Waals surface area contributed by atoms with Crippen LogP contribution in [0.15, 0.2) is 48.5 Å². The van der Waals surface area contributed by atoms with Gasteiger partial charge in [-0.2, -0.15) is 0 Å². The molecule has 2 atom stereocenters. The third-order valence-electron chi connectivity index (χ3n) is 5.76. The standard InChI is InChI=1S/C23H26N2OS/c1-15-16(2)27-22(25-15)24-14-23(3)13-18-10-11-19(26-4)12-20(18)21(23)17-8-6-5-7-9-17/h5-12,21H,13-14H2,1-4H3,(H,24,25)/t21?,23-/m0/s1. The third kappa shape index (κ3) is 3.34. The molecule has 140 valence electrons. The number of rotatable bonds is 5. The van der Waals surface area contributed by atoms with Crippen molar-refractivity contribution in [2.75, 3.05) is 19.0 Å². The van der Waals surface area contributed by atoms with Gasteiger partial charge in [-0.3, -0.25) is 0 Å². The normalized spacial score (nSPS) is 21.1. The van der Waals surface area contributed by atoms with Gasteiger partial charge in [-0.25, -0.2) is 4.98 Å². The van der Waals surface area contributed by atoms with Crippen molar-refractivity contribution < 1.29 is 4.74 Å². The van der Waals surface area contributed by atoms with Crippen LogP contribution in [0.25, 0.3) is 0 Å². The Morgan fingerprint density at radius 3 is 2.63 bits per heavy atom. The van der Waals surface area contributed by atoms with E-state index in [0.29, 0.717) is 5.92 Å². The zero-order chi connectivity index (χ0) is 19.0. The summed E-state index contributed by atoms with van der Waals surface area (Å²) in [5, 5.41) is 4.65. The molecule has 0 spiro atoms. The lowest BCUT2D eigenvalue weighted by Gasteiger charge is -2.33. The van der Waals surface area contributed by atoms with Crippen LogP contribution in [0.1, 0.15) is 40.1 Å². The van der Waals surface area contributed by atoms with E-state index in [9.17, 15) is 0 Å². The summed E-state index contributed by atoms with van der Waals surface area (Å²) in [4.78, 5) is 5.94. The van der Waals surface area contributed by atoms with E-state index >= 15 is 0 Å². The minimum Gasteiger partial charge on any atom is -0.497 e. The molecule has 0 saturated heterocycles. The Labute approximate surface area is 165 Å². The average Bonchev–Trinajstić information content (AvgIpc) is 3.16. The highest BCUT2D eigenvalue weighted by Gasteiger charge is 2.43. The number of thiazole rings is 1. The number of nitrogens with zero attached hydrogens (tertiary/aromatic N) is 1. The van der Waals surface area contributed by atoms with E-state index in [1.54, 1.807) is 18.4 Å². The summed E-state index contributed by atoms with van der Waals surface area (Å²) >= 11 is 1.74. The zero-order valence-corrected chi connectivity index (χ0v) is 17.2. The Hall–Kier alpha value is -2.33.